The van der Waals surface area contributed by atoms with Crippen LogP contribution < -0.4 is 21.3 Å². The lowest BCUT2D eigenvalue weighted by Gasteiger charge is -2.25. The average molecular weight is 629 g/mol. The van der Waals surface area contributed by atoms with Crippen LogP contribution in [0.3, 0.4) is 0 Å². The van der Waals surface area contributed by atoms with Gasteiger partial charge in [0.1, 0.15) is 18.1 Å². The van der Waals surface area contributed by atoms with Gasteiger partial charge in [-0.15, -0.1) is 0 Å². The third kappa shape index (κ3) is 9.79. The van der Waals surface area contributed by atoms with Crippen LogP contribution >= 0.6 is 0 Å². The first-order chi connectivity index (χ1) is 22.1. The molecule has 5 rings (SSSR count). The van der Waals surface area contributed by atoms with Crippen LogP contribution in [0.2, 0.25) is 0 Å². The summed E-state index contributed by atoms with van der Waals surface area (Å²) in [7, 11) is 0. The lowest BCUT2D eigenvalue weighted by atomic mass is 10.0. The second-order valence-electron chi connectivity index (χ2n) is 12.2. The van der Waals surface area contributed by atoms with Gasteiger partial charge in [-0.3, -0.25) is 24.0 Å². The lowest BCUT2D eigenvalue weighted by Crippen LogP contribution is -2.57. The van der Waals surface area contributed by atoms with Gasteiger partial charge < -0.3 is 31.2 Å². The summed E-state index contributed by atoms with van der Waals surface area (Å²) in [5.41, 5.74) is 2.58. The van der Waals surface area contributed by atoms with Crippen molar-refractivity contribution in [3.05, 3.63) is 95.3 Å². The topological polar surface area (TPSA) is 152 Å². The van der Waals surface area contributed by atoms with E-state index in [0.29, 0.717) is 50.0 Å². The third-order valence-electron chi connectivity index (χ3n) is 7.87. The smallest absolute Gasteiger partial charge is 0.255 e. The number of aromatic nitrogens is 1. The second kappa shape index (κ2) is 16.4. The van der Waals surface area contributed by atoms with Crippen molar-refractivity contribution < 1.29 is 24.0 Å². The molecule has 0 saturated heterocycles. The fraction of sp³-hybridized carbons (Fsp3) is 0.400. The van der Waals surface area contributed by atoms with Gasteiger partial charge in [0.25, 0.3) is 11.8 Å². The van der Waals surface area contributed by atoms with E-state index in [9.17, 15) is 24.0 Å². The predicted octanol–water partition coefficient (Wildman–Crippen LogP) is 2.94. The molecule has 3 atom stereocenters. The number of nitrogens with zero attached hydrogens (tertiary/aromatic N) is 1. The number of hydrogen-bond donors (Lipinski definition) is 5. The summed E-state index contributed by atoms with van der Waals surface area (Å²) in [5, 5.41) is 11.3. The van der Waals surface area contributed by atoms with Crippen molar-refractivity contribution >= 4 is 29.5 Å². The Morgan fingerprint density at radius 1 is 0.848 bits per heavy atom. The summed E-state index contributed by atoms with van der Waals surface area (Å²) >= 11 is 0. The molecular formula is C35H44N6O5. The molecule has 2 aliphatic rings. The molecule has 46 heavy (non-hydrogen) atoms. The minimum Gasteiger partial charge on any atom is -0.367 e. The Morgan fingerprint density at radius 2 is 1.57 bits per heavy atom. The zero-order chi connectivity index (χ0) is 33.1. The lowest BCUT2D eigenvalue weighted by molar-refractivity contribution is -0.132. The normalized spacial score (nSPS) is 20.7. The molecule has 3 aromatic rings. The molecule has 1 aromatic heterocycles. The van der Waals surface area contributed by atoms with E-state index in [-0.39, 0.29) is 24.2 Å². The van der Waals surface area contributed by atoms with Crippen molar-refractivity contribution in [2.24, 2.45) is 5.92 Å². The maximum absolute atomic E-state index is 13.7. The van der Waals surface area contributed by atoms with Crippen LogP contribution in [0.4, 0.5) is 0 Å². The summed E-state index contributed by atoms with van der Waals surface area (Å²) in [4.78, 5) is 71.2. The number of aromatic amines is 1. The second-order valence-corrected chi connectivity index (χ2v) is 12.2. The van der Waals surface area contributed by atoms with Crippen LogP contribution in [0.1, 0.15) is 71.9 Å². The molecule has 2 aromatic carbocycles. The highest BCUT2D eigenvalue weighted by molar-refractivity contribution is 5.99. The molecule has 0 radical (unpaired) electrons. The maximum atomic E-state index is 13.7. The number of H-pyrrole nitrogens is 1. The SMILES string of the molecule is CC(C)C[C@@H]1NC(=O)[C@@H](Cc2ccccc2)NC(=O)c2ccc(cc2)CN(C(=O)c2cc[nH]c2)CCCCNC(=O)[C@@H](C)NC1=O. The Bertz CT molecular complexity index is 1470. The Kier molecular flexibility index (Phi) is 12.1. The molecule has 2 aliphatic heterocycles. The van der Waals surface area contributed by atoms with E-state index >= 15 is 0 Å². The highest BCUT2D eigenvalue weighted by Gasteiger charge is 2.29. The number of fused-ring (bicyclic) bond motifs is 18. The number of amides is 5. The van der Waals surface area contributed by atoms with E-state index in [1.54, 1.807) is 54.5 Å². The molecule has 0 fully saturated rings. The third-order valence-corrected chi connectivity index (χ3v) is 7.87. The van der Waals surface area contributed by atoms with Gasteiger partial charge in [-0.25, -0.2) is 0 Å². The number of hydrogen-bond acceptors (Lipinski definition) is 5. The quantitative estimate of drug-likeness (QED) is 0.275. The van der Waals surface area contributed by atoms with E-state index in [0.717, 1.165) is 11.1 Å². The summed E-state index contributed by atoms with van der Waals surface area (Å²) < 4.78 is 0. The fourth-order valence-corrected chi connectivity index (χ4v) is 5.32. The Balaban J connectivity index is 1.61. The molecule has 244 valence electrons. The van der Waals surface area contributed by atoms with Crippen molar-refractivity contribution in [2.75, 3.05) is 13.1 Å². The van der Waals surface area contributed by atoms with Crippen molar-refractivity contribution in [1.82, 2.24) is 31.2 Å². The van der Waals surface area contributed by atoms with Gasteiger partial charge in [-0.2, -0.15) is 0 Å². The minimum absolute atomic E-state index is 0.0685. The fourth-order valence-electron chi connectivity index (χ4n) is 5.32. The number of rotatable bonds is 5. The molecule has 11 nitrogen and oxygen atoms in total. The number of carbonyl (C=O) groups excluding carboxylic acids is 5. The van der Waals surface area contributed by atoms with Gasteiger partial charge in [0.05, 0.1) is 5.56 Å². The summed E-state index contributed by atoms with van der Waals surface area (Å²) in [6.45, 7) is 6.64. The van der Waals surface area contributed by atoms with Gasteiger partial charge in [-0.05, 0) is 61.4 Å². The summed E-state index contributed by atoms with van der Waals surface area (Å²) in [5.74, 6) is -1.83. The van der Waals surface area contributed by atoms with Crippen molar-refractivity contribution in [1.29, 1.82) is 0 Å². The van der Waals surface area contributed by atoms with Gasteiger partial charge >= 0.3 is 0 Å². The molecule has 0 saturated carbocycles. The van der Waals surface area contributed by atoms with E-state index in [1.165, 1.54) is 0 Å². The van der Waals surface area contributed by atoms with Crippen LogP contribution in [0.5, 0.6) is 0 Å². The van der Waals surface area contributed by atoms with E-state index in [2.05, 4.69) is 26.3 Å². The molecular weight excluding hydrogens is 584 g/mol. The Hall–Kier alpha value is -4.93. The van der Waals surface area contributed by atoms with Crippen LogP contribution in [-0.2, 0) is 27.3 Å². The Labute approximate surface area is 269 Å². The first-order valence-corrected chi connectivity index (χ1v) is 15.8. The first-order valence-electron chi connectivity index (χ1n) is 15.8. The zero-order valence-electron chi connectivity index (χ0n) is 26.7. The summed E-state index contributed by atoms with van der Waals surface area (Å²) in [6, 6.07) is 15.3. The number of benzene rings is 2. The van der Waals surface area contributed by atoms with E-state index in [4.69, 9.17) is 0 Å². The van der Waals surface area contributed by atoms with Crippen LogP contribution in [-0.4, -0.2) is 70.6 Å². The van der Waals surface area contributed by atoms with Gasteiger partial charge in [-0.1, -0.05) is 56.3 Å². The Morgan fingerprint density at radius 3 is 2.24 bits per heavy atom. The van der Waals surface area contributed by atoms with Crippen molar-refractivity contribution in [2.45, 2.75) is 71.1 Å². The zero-order valence-corrected chi connectivity index (χ0v) is 26.7. The van der Waals surface area contributed by atoms with Gasteiger partial charge in [0.15, 0.2) is 0 Å². The van der Waals surface area contributed by atoms with Crippen molar-refractivity contribution in [3.8, 4) is 0 Å². The molecule has 11 heteroatoms. The predicted molar refractivity (Wildman–Crippen MR) is 175 cm³/mol. The average Bonchev–Trinajstić information content (AvgIpc) is 3.58. The maximum Gasteiger partial charge on any atom is 0.255 e. The monoisotopic (exact) mass is 628 g/mol. The van der Waals surface area contributed by atoms with Crippen LogP contribution in [0.25, 0.3) is 0 Å². The number of carbonyl (C=O) groups is 5. The standard InChI is InChI=1S/C35H44N6O5/c1-23(2)19-29-33(44)38-24(3)31(42)37-16-7-8-18-41(35(46)28-15-17-36-21-28)22-26-11-13-27(14-12-26)32(43)39-30(34(45)40-29)20-25-9-5-4-6-10-25/h4-6,9-15,17,21,23-24,29-30,36H,7-8,16,18-20,22H2,1-3H3,(H,37,42)(H,38,44)(H,39,43)(H,40,45)/t24-,29+,30-/m1/s1. The number of nitrogens with one attached hydrogen (secondary N) is 5. The first kappa shape index (κ1) is 34.0. The molecule has 5 amide bonds. The molecule has 0 aliphatic carbocycles. The van der Waals surface area contributed by atoms with Gasteiger partial charge in [0, 0.05) is 44.0 Å². The molecule has 5 N–H and O–H groups in total. The molecule has 3 heterocycles. The minimum atomic E-state index is -0.971. The van der Waals surface area contributed by atoms with E-state index in [1.807, 2.05) is 44.2 Å². The van der Waals surface area contributed by atoms with Crippen molar-refractivity contribution in [3.63, 3.8) is 0 Å². The summed E-state index contributed by atoms with van der Waals surface area (Å²) in [6.07, 6.45) is 5.17. The highest BCUT2D eigenvalue weighted by Crippen LogP contribution is 2.14. The molecule has 0 unspecified atom stereocenters. The van der Waals surface area contributed by atoms with Crippen LogP contribution in [0.15, 0.2) is 73.1 Å². The largest absolute Gasteiger partial charge is 0.367 e. The highest BCUT2D eigenvalue weighted by atomic mass is 16.2. The molecule has 2 bridgehead atoms. The van der Waals surface area contributed by atoms with Gasteiger partial charge in [0.2, 0.25) is 17.7 Å². The van der Waals surface area contributed by atoms with E-state index < -0.39 is 35.8 Å². The van der Waals surface area contributed by atoms with Crippen LogP contribution in [0, 0.1) is 5.92 Å². The molecule has 0 spiro atoms.